The molecule has 0 aliphatic carbocycles. The first kappa shape index (κ1) is 18.4. The minimum atomic E-state index is -3.22. The molecule has 0 atom stereocenters. The molecule has 5 nitrogen and oxygen atoms in total. The first-order chi connectivity index (χ1) is 11.9. The molecule has 1 heterocycles. The molecule has 2 rings (SSSR count). The molecular weight excluding hydrogens is 347 g/mol. The molecule has 0 spiro atoms. The summed E-state index contributed by atoms with van der Waals surface area (Å²) in [6, 6.07) is 3.38. The lowest BCUT2D eigenvalue weighted by Crippen LogP contribution is -2.17. The summed E-state index contributed by atoms with van der Waals surface area (Å²) >= 11 is 0. The summed E-state index contributed by atoms with van der Waals surface area (Å²) < 4.78 is 68.6. The van der Waals surface area contributed by atoms with Crippen LogP contribution >= 0.6 is 0 Å². The highest BCUT2D eigenvalue weighted by Gasteiger charge is 2.15. The fourth-order valence-corrected chi connectivity index (χ4v) is 1.78. The molecule has 0 saturated carbocycles. The van der Waals surface area contributed by atoms with Crippen LogP contribution in [0.2, 0.25) is 0 Å². The molecule has 1 N–H and O–H groups in total. The Kier molecular flexibility index (Phi) is 6.09. The van der Waals surface area contributed by atoms with E-state index in [9.17, 15) is 22.0 Å². The summed E-state index contributed by atoms with van der Waals surface area (Å²) in [5.41, 5.74) is -0.529. The van der Waals surface area contributed by atoms with Gasteiger partial charge in [0.1, 0.15) is 0 Å². The summed E-state index contributed by atoms with van der Waals surface area (Å²) in [5.74, 6) is -3.77. The fraction of sp³-hybridized carbons (Fsp3) is 0.200. The Balaban J connectivity index is 2.16. The average Bonchev–Trinajstić information content (AvgIpc) is 2.56. The van der Waals surface area contributed by atoms with Crippen LogP contribution in [0.1, 0.15) is 17.8 Å². The summed E-state index contributed by atoms with van der Waals surface area (Å²) in [6.07, 6.45) is 1.08. The van der Waals surface area contributed by atoms with Gasteiger partial charge in [-0.1, -0.05) is 12.1 Å². The van der Waals surface area contributed by atoms with Gasteiger partial charge in [-0.25, -0.2) is 23.1 Å². The maximum Gasteiger partial charge on any atom is 0.388 e. The molecule has 0 unspecified atom stereocenters. The minimum Gasteiger partial charge on any atom is -0.421 e. The normalized spacial score (nSPS) is 11.7. The third-order valence-corrected chi connectivity index (χ3v) is 2.90. The third kappa shape index (κ3) is 5.30. The lowest BCUT2D eigenvalue weighted by Gasteiger charge is -2.09. The molecule has 0 radical (unpaired) electrons. The Bertz CT molecular complexity index is 780. The van der Waals surface area contributed by atoms with Crippen molar-refractivity contribution in [2.45, 2.75) is 19.6 Å². The standard InChI is InChI=1S/C15H11F5N4O/c16-9-6-23-14(24-7-9)11(21)4-12(25-15(19)20)22-5-8-2-1-3-10(17)13(8)18/h1-3,6-7,15,21H,4-5H2. The van der Waals surface area contributed by atoms with E-state index in [-0.39, 0.29) is 17.1 Å². The van der Waals surface area contributed by atoms with Gasteiger partial charge in [-0.15, -0.1) is 0 Å². The summed E-state index contributed by atoms with van der Waals surface area (Å²) in [4.78, 5) is 10.7. The highest BCUT2D eigenvalue weighted by atomic mass is 19.3. The zero-order valence-corrected chi connectivity index (χ0v) is 12.5. The van der Waals surface area contributed by atoms with Gasteiger partial charge in [-0.3, -0.25) is 4.99 Å². The molecule has 0 aliphatic rings. The van der Waals surface area contributed by atoms with Crippen molar-refractivity contribution >= 4 is 11.6 Å². The quantitative estimate of drug-likeness (QED) is 0.488. The number of ether oxygens (including phenoxy) is 1. The number of rotatable bonds is 6. The van der Waals surface area contributed by atoms with Crippen LogP contribution in [0.4, 0.5) is 22.0 Å². The highest BCUT2D eigenvalue weighted by molar-refractivity contribution is 6.06. The van der Waals surface area contributed by atoms with Crippen molar-refractivity contribution in [2.24, 2.45) is 4.99 Å². The van der Waals surface area contributed by atoms with E-state index in [4.69, 9.17) is 5.41 Å². The SMILES string of the molecule is N=C(CC(=NCc1cccc(F)c1F)OC(F)F)c1ncc(F)cn1. The van der Waals surface area contributed by atoms with Gasteiger partial charge in [0.05, 0.1) is 31.1 Å². The summed E-state index contributed by atoms with van der Waals surface area (Å²) in [6.45, 7) is -3.69. The molecule has 10 heteroatoms. The number of alkyl halides is 2. The second-order valence-electron chi connectivity index (χ2n) is 4.68. The van der Waals surface area contributed by atoms with E-state index >= 15 is 0 Å². The van der Waals surface area contributed by atoms with Gasteiger partial charge in [0.25, 0.3) is 0 Å². The second kappa shape index (κ2) is 8.27. The van der Waals surface area contributed by atoms with Crippen LogP contribution in [0, 0.1) is 22.9 Å². The minimum absolute atomic E-state index is 0.167. The molecule has 1 aromatic carbocycles. The second-order valence-corrected chi connectivity index (χ2v) is 4.68. The van der Waals surface area contributed by atoms with Crippen LogP contribution in [-0.4, -0.2) is 28.2 Å². The van der Waals surface area contributed by atoms with Crippen molar-refractivity contribution < 1.29 is 26.7 Å². The number of hydrogen-bond donors (Lipinski definition) is 1. The number of nitrogens with zero attached hydrogens (tertiary/aromatic N) is 3. The van der Waals surface area contributed by atoms with Crippen molar-refractivity contribution in [3.8, 4) is 0 Å². The van der Waals surface area contributed by atoms with E-state index in [2.05, 4.69) is 19.7 Å². The molecule has 2 aromatic rings. The lowest BCUT2D eigenvalue weighted by atomic mass is 10.2. The molecule has 0 aliphatic heterocycles. The molecule has 132 valence electrons. The molecule has 1 aromatic heterocycles. The van der Waals surface area contributed by atoms with Crippen LogP contribution < -0.4 is 0 Å². The van der Waals surface area contributed by atoms with Crippen molar-refractivity contribution in [3.05, 3.63) is 59.4 Å². The maximum absolute atomic E-state index is 13.5. The molecule has 25 heavy (non-hydrogen) atoms. The van der Waals surface area contributed by atoms with Crippen LogP contribution in [0.25, 0.3) is 0 Å². The predicted octanol–water partition coefficient (Wildman–Crippen LogP) is 3.49. The van der Waals surface area contributed by atoms with Crippen molar-refractivity contribution in [1.82, 2.24) is 9.97 Å². The molecule has 0 saturated heterocycles. The van der Waals surface area contributed by atoms with Gasteiger partial charge < -0.3 is 10.1 Å². The van der Waals surface area contributed by atoms with Gasteiger partial charge in [0.2, 0.25) is 0 Å². The van der Waals surface area contributed by atoms with Gasteiger partial charge in [0, 0.05) is 5.56 Å². The molecule has 0 fully saturated rings. The van der Waals surface area contributed by atoms with E-state index in [0.717, 1.165) is 18.5 Å². The van der Waals surface area contributed by atoms with Crippen molar-refractivity contribution in [2.75, 3.05) is 0 Å². The predicted molar refractivity (Wildman–Crippen MR) is 78.0 cm³/mol. The molecule has 0 bridgehead atoms. The van der Waals surface area contributed by atoms with Crippen LogP contribution in [0.3, 0.4) is 0 Å². The van der Waals surface area contributed by atoms with Gasteiger partial charge in [0.15, 0.2) is 29.2 Å². The van der Waals surface area contributed by atoms with Gasteiger partial charge in [-0.05, 0) is 6.07 Å². The monoisotopic (exact) mass is 358 g/mol. The Labute approximate surface area is 138 Å². The zero-order chi connectivity index (χ0) is 18.4. The van der Waals surface area contributed by atoms with Crippen molar-refractivity contribution in [3.63, 3.8) is 0 Å². The molecule has 0 amide bonds. The number of hydrogen-bond acceptors (Lipinski definition) is 5. The van der Waals surface area contributed by atoms with E-state index in [1.54, 1.807) is 0 Å². The maximum atomic E-state index is 13.5. The Morgan fingerprint density at radius 2 is 1.84 bits per heavy atom. The number of nitrogens with one attached hydrogen (secondary N) is 1. The highest BCUT2D eigenvalue weighted by Crippen LogP contribution is 2.13. The van der Waals surface area contributed by atoms with E-state index in [1.807, 2.05) is 0 Å². The van der Waals surface area contributed by atoms with Gasteiger partial charge >= 0.3 is 6.61 Å². The Hall–Kier alpha value is -2.91. The Morgan fingerprint density at radius 3 is 2.48 bits per heavy atom. The molecular formula is C15H11F5N4O. The van der Waals surface area contributed by atoms with E-state index in [0.29, 0.717) is 0 Å². The summed E-state index contributed by atoms with van der Waals surface area (Å²) in [5, 5.41) is 7.75. The van der Waals surface area contributed by atoms with Crippen molar-refractivity contribution in [1.29, 1.82) is 5.41 Å². The number of aliphatic imine (C=N–C) groups is 1. The smallest absolute Gasteiger partial charge is 0.388 e. The first-order valence-electron chi connectivity index (χ1n) is 6.83. The Morgan fingerprint density at radius 1 is 1.16 bits per heavy atom. The van der Waals surface area contributed by atoms with Crippen LogP contribution in [0.15, 0.2) is 35.6 Å². The largest absolute Gasteiger partial charge is 0.421 e. The number of halogens is 5. The fourth-order valence-electron chi connectivity index (χ4n) is 1.78. The number of aromatic nitrogens is 2. The first-order valence-corrected chi connectivity index (χ1v) is 6.83. The average molecular weight is 358 g/mol. The lowest BCUT2D eigenvalue weighted by molar-refractivity contribution is -0.0616. The number of benzene rings is 1. The zero-order valence-electron chi connectivity index (χ0n) is 12.5. The van der Waals surface area contributed by atoms with E-state index < -0.39 is 42.9 Å². The summed E-state index contributed by atoms with van der Waals surface area (Å²) in [7, 11) is 0. The topological polar surface area (TPSA) is 71.2 Å². The van der Waals surface area contributed by atoms with Crippen LogP contribution in [-0.2, 0) is 11.3 Å². The van der Waals surface area contributed by atoms with Crippen LogP contribution in [0.5, 0.6) is 0 Å². The third-order valence-electron chi connectivity index (χ3n) is 2.90. The van der Waals surface area contributed by atoms with E-state index in [1.165, 1.54) is 12.1 Å². The van der Waals surface area contributed by atoms with Gasteiger partial charge in [-0.2, -0.15) is 8.78 Å².